The van der Waals surface area contributed by atoms with Gasteiger partial charge in [0, 0.05) is 34.1 Å². The van der Waals surface area contributed by atoms with Gasteiger partial charge in [0.15, 0.2) is 0 Å². The van der Waals surface area contributed by atoms with E-state index in [1.54, 1.807) is 6.08 Å². The van der Waals surface area contributed by atoms with Crippen LogP contribution in [-0.2, 0) is 4.79 Å². The lowest BCUT2D eigenvalue weighted by Gasteiger charge is -2.39. The Morgan fingerprint density at radius 3 is 2.85 bits per heavy atom. The zero-order valence-corrected chi connectivity index (χ0v) is 14.0. The van der Waals surface area contributed by atoms with Gasteiger partial charge < -0.3 is 10.0 Å². The molecule has 2 rings (SSSR count). The number of carboxylic acid groups (broad SMARTS) is 1. The molecule has 108 valence electrons. The molecule has 1 heterocycles. The third-order valence-electron chi connectivity index (χ3n) is 3.16. The minimum absolute atomic E-state index is 0.263. The number of carboxylic acids is 1. The SMILES string of the molecule is CC1(C)CN(c2ccc(/C=C/C(=O)O)cc2Br)CCS1. The first kappa shape index (κ1) is 15.4. The van der Waals surface area contributed by atoms with E-state index in [9.17, 15) is 4.79 Å². The summed E-state index contributed by atoms with van der Waals surface area (Å²) in [5.41, 5.74) is 2.06. The summed E-state index contributed by atoms with van der Waals surface area (Å²) in [6.45, 7) is 6.58. The summed E-state index contributed by atoms with van der Waals surface area (Å²) < 4.78 is 1.27. The molecular formula is C15H18BrNO2S. The molecule has 1 fully saturated rings. The summed E-state index contributed by atoms with van der Waals surface area (Å²) >= 11 is 5.60. The van der Waals surface area contributed by atoms with Crippen LogP contribution < -0.4 is 4.90 Å². The Morgan fingerprint density at radius 2 is 2.25 bits per heavy atom. The zero-order chi connectivity index (χ0) is 14.8. The number of thioether (sulfide) groups is 1. The number of aliphatic carboxylic acids is 1. The molecule has 3 nitrogen and oxygen atoms in total. The fraction of sp³-hybridized carbons (Fsp3) is 0.400. The van der Waals surface area contributed by atoms with Crippen molar-refractivity contribution in [1.82, 2.24) is 0 Å². The van der Waals surface area contributed by atoms with Gasteiger partial charge in [0.1, 0.15) is 0 Å². The summed E-state index contributed by atoms with van der Waals surface area (Å²) in [6.07, 6.45) is 2.76. The molecule has 0 bridgehead atoms. The van der Waals surface area contributed by atoms with Crippen LogP contribution >= 0.6 is 27.7 Å². The highest BCUT2D eigenvalue weighted by Gasteiger charge is 2.27. The van der Waals surface area contributed by atoms with E-state index in [1.807, 2.05) is 23.9 Å². The highest BCUT2D eigenvalue weighted by Crippen LogP contribution is 2.35. The number of rotatable bonds is 3. The van der Waals surface area contributed by atoms with Gasteiger partial charge in [0.2, 0.25) is 0 Å². The van der Waals surface area contributed by atoms with Crippen molar-refractivity contribution in [2.24, 2.45) is 0 Å². The van der Waals surface area contributed by atoms with Gasteiger partial charge in [-0.2, -0.15) is 11.8 Å². The lowest BCUT2D eigenvalue weighted by atomic mass is 10.1. The Bertz CT molecular complexity index is 543. The number of hydrogen-bond acceptors (Lipinski definition) is 3. The summed E-state index contributed by atoms with van der Waals surface area (Å²) in [5, 5.41) is 8.65. The molecule has 1 aliphatic rings. The molecule has 0 unspecified atom stereocenters. The highest BCUT2D eigenvalue weighted by atomic mass is 79.9. The van der Waals surface area contributed by atoms with E-state index in [0.717, 1.165) is 35.0 Å². The van der Waals surface area contributed by atoms with Gasteiger partial charge in [0.05, 0.1) is 5.69 Å². The fourth-order valence-electron chi connectivity index (χ4n) is 2.27. The number of carbonyl (C=O) groups is 1. The van der Waals surface area contributed by atoms with Crippen molar-refractivity contribution in [3.05, 3.63) is 34.3 Å². The Hall–Kier alpha value is -0.940. The van der Waals surface area contributed by atoms with Crippen LogP contribution in [0.25, 0.3) is 6.08 Å². The molecule has 0 amide bonds. The Balaban J connectivity index is 2.19. The van der Waals surface area contributed by atoms with Crippen LogP contribution in [0.15, 0.2) is 28.7 Å². The zero-order valence-electron chi connectivity index (χ0n) is 11.6. The predicted molar refractivity (Wildman–Crippen MR) is 89.6 cm³/mol. The quantitative estimate of drug-likeness (QED) is 0.835. The first-order chi connectivity index (χ1) is 9.37. The first-order valence-electron chi connectivity index (χ1n) is 6.47. The van der Waals surface area contributed by atoms with Crippen molar-refractivity contribution >= 4 is 45.4 Å². The second kappa shape index (κ2) is 6.22. The van der Waals surface area contributed by atoms with Crippen molar-refractivity contribution in [2.45, 2.75) is 18.6 Å². The Kier molecular flexibility index (Phi) is 4.81. The number of benzene rings is 1. The molecule has 0 aliphatic carbocycles. The lowest BCUT2D eigenvalue weighted by Crippen LogP contribution is -2.43. The Labute approximate surface area is 132 Å². The van der Waals surface area contributed by atoms with Crippen LogP contribution in [0.1, 0.15) is 19.4 Å². The molecule has 0 aromatic heterocycles. The normalized spacial score (nSPS) is 18.4. The molecule has 20 heavy (non-hydrogen) atoms. The number of hydrogen-bond donors (Lipinski definition) is 1. The van der Waals surface area contributed by atoms with Gasteiger partial charge >= 0.3 is 5.97 Å². The molecule has 1 saturated heterocycles. The standard InChI is InChI=1S/C15H18BrNO2S/c1-15(2)10-17(7-8-20-15)13-5-3-11(9-12(13)16)4-6-14(18)19/h3-6,9H,7-8,10H2,1-2H3,(H,18,19)/b6-4+. The van der Waals surface area contributed by atoms with E-state index in [4.69, 9.17) is 5.11 Å². The minimum atomic E-state index is -0.931. The van der Waals surface area contributed by atoms with E-state index >= 15 is 0 Å². The molecule has 1 aliphatic heterocycles. The van der Waals surface area contributed by atoms with Crippen LogP contribution in [-0.4, -0.2) is 34.7 Å². The third-order valence-corrected chi connectivity index (χ3v) is 5.09. The maximum absolute atomic E-state index is 10.5. The van der Waals surface area contributed by atoms with Crippen LogP contribution in [0.2, 0.25) is 0 Å². The van der Waals surface area contributed by atoms with Crippen molar-refractivity contribution < 1.29 is 9.90 Å². The van der Waals surface area contributed by atoms with E-state index in [0.29, 0.717) is 0 Å². The monoisotopic (exact) mass is 355 g/mol. The molecule has 1 aromatic rings. The molecule has 5 heteroatoms. The highest BCUT2D eigenvalue weighted by molar-refractivity contribution is 9.10. The average molecular weight is 356 g/mol. The van der Waals surface area contributed by atoms with Gasteiger partial charge in [-0.25, -0.2) is 4.79 Å². The molecule has 0 spiro atoms. The fourth-order valence-corrected chi connectivity index (χ4v) is 4.03. The molecule has 1 N–H and O–H groups in total. The average Bonchev–Trinajstić information content (AvgIpc) is 2.35. The van der Waals surface area contributed by atoms with Gasteiger partial charge in [-0.05, 0) is 53.5 Å². The molecule has 1 aromatic carbocycles. The number of anilines is 1. The topological polar surface area (TPSA) is 40.5 Å². The summed E-state index contributed by atoms with van der Waals surface area (Å²) in [5.74, 6) is 0.195. The van der Waals surface area contributed by atoms with E-state index in [-0.39, 0.29) is 4.75 Å². The van der Waals surface area contributed by atoms with E-state index < -0.39 is 5.97 Å². The predicted octanol–water partition coefficient (Wildman–Crippen LogP) is 3.88. The largest absolute Gasteiger partial charge is 0.478 e. The summed E-state index contributed by atoms with van der Waals surface area (Å²) in [6, 6.07) is 5.97. The number of halogens is 1. The van der Waals surface area contributed by atoms with Crippen LogP contribution in [0.5, 0.6) is 0 Å². The summed E-state index contributed by atoms with van der Waals surface area (Å²) in [4.78, 5) is 12.9. The maximum atomic E-state index is 10.5. The summed E-state index contributed by atoms with van der Waals surface area (Å²) in [7, 11) is 0. The van der Waals surface area contributed by atoms with Crippen LogP contribution in [0, 0.1) is 0 Å². The number of nitrogens with zero attached hydrogens (tertiary/aromatic N) is 1. The van der Waals surface area contributed by atoms with Crippen LogP contribution in [0.4, 0.5) is 5.69 Å². The smallest absolute Gasteiger partial charge is 0.328 e. The molecule has 0 atom stereocenters. The molecule has 0 radical (unpaired) electrons. The van der Waals surface area contributed by atoms with Crippen molar-refractivity contribution in [3.8, 4) is 0 Å². The lowest BCUT2D eigenvalue weighted by molar-refractivity contribution is -0.131. The molecule has 0 saturated carbocycles. The minimum Gasteiger partial charge on any atom is -0.478 e. The van der Waals surface area contributed by atoms with Crippen LogP contribution in [0.3, 0.4) is 0 Å². The molecular weight excluding hydrogens is 338 g/mol. The van der Waals surface area contributed by atoms with E-state index in [1.165, 1.54) is 5.69 Å². The third kappa shape index (κ3) is 4.03. The van der Waals surface area contributed by atoms with Gasteiger partial charge in [-0.3, -0.25) is 0 Å². The van der Waals surface area contributed by atoms with Crippen molar-refractivity contribution in [2.75, 3.05) is 23.7 Å². The second-order valence-corrected chi connectivity index (χ2v) is 8.07. The van der Waals surface area contributed by atoms with Crippen molar-refractivity contribution in [1.29, 1.82) is 0 Å². The first-order valence-corrected chi connectivity index (χ1v) is 8.25. The van der Waals surface area contributed by atoms with Gasteiger partial charge in [-0.1, -0.05) is 6.07 Å². The maximum Gasteiger partial charge on any atom is 0.328 e. The Morgan fingerprint density at radius 1 is 1.50 bits per heavy atom. The van der Waals surface area contributed by atoms with E-state index in [2.05, 4.69) is 40.7 Å². The van der Waals surface area contributed by atoms with Gasteiger partial charge in [-0.15, -0.1) is 0 Å². The van der Waals surface area contributed by atoms with Gasteiger partial charge in [0.25, 0.3) is 0 Å². The van der Waals surface area contributed by atoms with Crippen molar-refractivity contribution in [3.63, 3.8) is 0 Å². The second-order valence-electron chi connectivity index (χ2n) is 5.41.